The number of phosphoric acid groups is 1. The molecule has 32 heavy (non-hydrogen) atoms. The molecule has 0 saturated heterocycles. The Hall–Kier alpha value is -3.87. The third-order valence-electron chi connectivity index (χ3n) is 5.43. The van der Waals surface area contributed by atoms with Crippen molar-refractivity contribution < 1.29 is 38.3 Å². The molecule has 5 rings (SSSR count). The lowest BCUT2D eigenvalue weighted by Crippen LogP contribution is -2.24. The smallest absolute Gasteiger partial charge is 0.545 e. The molecule has 1 aliphatic rings. The van der Waals surface area contributed by atoms with Gasteiger partial charge in [0.05, 0.1) is 5.97 Å². The van der Waals surface area contributed by atoms with Crippen LogP contribution in [0.15, 0.2) is 60.7 Å². The molecule has 0 aromatic heterocycles. The highest BCUT2D eigenvalue weighted by Gasteiger charge is 2.35. The van der Waals surface area contributed by atoms with E-state index in [0.29, 0.717) is 32.7 Å². The summed E-state index contributed by atoms with van der Waals surface area (Å²) in [6.07, 6.45) is -0.00602. The van der Waals surface area contributed by atoms with E-state index in [1.54, 1.807) is 48.5 Å². The van der Waals surface area contributed by atoms with Crippen molar-refractivity contribution >= 4 is 41.3 Å². The van der Waals surface area contributed by atoms with Crippen LogP contribution in [0.1, 0.15) is 31.8 Å². The first-order chi connectivity index (χ1) is 15.2. The van der Waals surface area contributed by atoms with Gasteiger partial charge >= 0.3 is 13.8 Å². The normalized spacial score (nSPS) is 17.4. The van der Waals surface area contributed by atoms with Crippen LogP contribution in [0.4, 0.5) is 0 Å². The van der Waals surface area contributed by atoms with Crippen LogP contribution in [0, 0.1) is 0 Å². The number of benzene rings is 4. The number of carbonyl (C=O) groups excluding carboxylic acids is 1. The van der Waals surface area contributed by atoms with Crippen LogP contribution in [0.2, 0.25) is 0 Å². The molecule has 8 nitrogen and oxygen atoms in total. The number of carbonyl (C=O) groups is 2. The number of hydrogen-bond acceptors (Lipinski definition) is 6. The van der Waals surface area contributed by atoms with E-state index in [2.05, 4.69) is 0 Å². The predicted molar refractivity (Wildman–Crippen MR) is 113 cm³/mol. The van der Waals surface area contributed by atoms with Gasteiger partial charge in [-0.25, -0.2) is 9.36 Å². The van der Waals surface area contributed by atoms with Crippen molar-refractivity contribution in [1.29, 1.82) is 0 Å². The molecule has 1 aliphatic heterocycles. The van der Waals surface area contributed by atoms with E-state index in [1.165, 1.54) is 12.1 Å². The standard InChI is InChI=1S/C23H15O8P/c24-22(25)18-9-12-5-1-3-7-14(12)16-11-17-15-8-4-2-6-13(15)10-19(23(26)27)21(17)31-32(28,29)30-20(16)18/h1-10H,11H2,(H,24,25)(H,26,27)(H,28,29)/p-1. The number of carboxylic acids is 2. The molecule has 160 valence electrons. The maximum Gasteiger partial charge on any atom is 0.584 e. The van der Waals surface area contributed by atoms with Gasteiger partial charge in [-0.2, -0.15) is 0 Å². The van der Waals surface area contributed by atoms with Crippen LogP contribution in [-0.4, -0.2) is 21.9 Å². The third kappa shape index (κ3) is 3.17. The second-order valence-corrected chi connectivity index (χ2v) is 8.63. The fraction of sp³-hybridized carbons (Fsp3) is 0.0435. The molecule has 2 N–H and O–H groups in total. The first-order valence-corrected chi connectivity index (χ1v) is 11.0. The number of hydrogen-bond donors (Lipinski definition) is 2. The number of fused-ring (bicyclic) bond motifs is 6. The van der Waals surface area contributed by atoms with E-state index in [-0.39, 0.29) is 23.5 Å². The minimum absolute atomic E-state index is 0.00602. The summed E-state index contributed by atoms with van der Waals surface area (Å²) in [5, 5.41) is 23.9. The van der Waals surface area contributed by atoms with Crippen LogP contribution in [0.3, 0.4) is 0 Å². The molecule has 9 heteroatoms. The van der Waals surface area contributed by atoms with Gasteiger partial charge in [0.2, 0.25) is 0 Å². The molecule has 1 unspecified atom stereocenters. The van der Waals surface area contributed by atoms with Gasteiger partial charge in [-0.3, -0.25) is 4.89 Å². The molecule has 0 spiro atoms. The Morgan fingerprint density at radius 1 is 0.844 bits per heavy atom. The van der Waals surface area contributed by atoms with Gasteiger partial charge in [-0.1, -0.05) is 48.5 Å². The topological polar surface area (TPSA) is 133 Å². The summed E-state index contributed by atoms with van der Waals surface area (Å²) in [6.45, 7) is 0. The maximum atomic E-state index is 12.9. The van der Waals surface area contributed by atoms with E-state index in [9.17, 15) is 29.3 Å². The largest absolute Gasteiger partial charge is 0.584 e. The molecule has 1 heterocycles. The number of carboxylic acid groups (broad SMARTS) is 2. The average Bonchev–Trinajstić information content (AvgIpc) is 2.74. The predicted octanol–water partition coefficient (Wildman–Crippen LogP) is 3.52. The van der Waals surface area contributed by atoms with Gasteiger partial charge in [0.1, 0.15) is 11.3 Å². The SMILES string of the molecule is O=C([O-])c1cc2ccccc2c2c1OP(=O)(O)Oc1c(C(=O)O)cc3ccccc3c1C2. The number of rotatable bonds is 2. The zero-order chi connectivity index (χ0) is 22.6. The summed E-state index contributed by atoms with van der Waals surface area (Å²) in [7, 11) is -4.97. The molecule has 0 aliphatic carbocycles. The fourth-order valence-corrected chi connectivity index (χ4v) is 5.02. The van der Waals surface area contributed by atoms with Crippen molar-refractivity contribution in [3.8, 4) is 11.5 Å². The zero-order valence-electron chi connectivity index (χ0n) is 16.3. The van der Waals surface area contributed by atoms with E-state index < -0.39 is 25.3 Å². The van der Waals surface area contributed by atoms with Crippen LogP contribution in [0.5, 0.6) is 11.5 Å². The Morgan fingerprint density at radius 2 is 1.31 bits per heavy atom. The third-order valence-corrected chi connectivity index (χ3v) is 6.25. The molecule has 1 atom stereocenters. The Bertz CT molecular complexity index is 1400. The van der Waals surface area contributed by atoms with E-state index in [1.807, 2.05) is 0 Å². The minimum atomic E-state index is -4.97. The van der Waals surface area contributed by atoms with E-state index in [0.717, 1.165) is 0 Å². The molecule has 4 aromatic carbocycles. The van der Waals surface area contributed by atoms with Crippen LogP contribution < -0.4 is 14.2 Å². The average molecular weight is 449 g/mol. The highest BCUT2D eigenvalue weighted by atomic mass is 31.2. The van der Waals surface area contributed by atoms with Crippen LogP contribution in [0.25, 0.3) is 21.5 Å². The van der Waals surface area contributed by atoms with Crippen molar-refractivity contribution in [3.05, 3.63) is 82.9 Å². The lowest BCUT2D eigenvalue weighted by Gasteiger charge is -2.26. The Labute approximate surface area is 180 Å². The highest BCUT2D eigenvalue weighted by molar-refractivity contribution is 7.48. The monoisotopic (exact) mass is 449 g/mol. The van der Waals surface area contributed by atoms with Crippen molar-refractivity contribution in [1.82, 2.24) is 0 Å². The highest BCUT2D eigenvalue weighted by Crippen LogP contribution is 2.53. The summed E-state index contributed by atoms with van der Waals surface area (Å²) in [6, 6.07) is 16.5. The van der Waals surface area contributed by atoms with Gasteiger partial charge in [-0.15, -0.1) is 0 Å². The maximum absolute atomic E-state index is 12.9. The second-order valence-electron chi connectivity index (χ2n) is 7.33. The summed E-state index contributed by atoms with van der Waals surface area (Å²) in [5.74, 6) is -3.57. The summed E-state index contributed by atoms with van der Waals surface area (Å²) >= 11 is 0. The lowest BCUT2D eigenvalue weighted by molar-refractivity contribution is -0.255. The first-order valence-electron chi connectivity index (χ1n) is 9.51. The van der Waals surface area contributed by atoms with Crippen molar-refractivity contribution in [3.63, 3.8) is 0 Å². The van der Waals surface area contributed by atoms with Crippen LogP contribution >= 0.6 is 7.82 Å². The zero-order valence-corrected chi connectivity index (χ0v) is 17.2. The van der Waals surface area contributed by atoms with Gasteiger partial charge in [0, 0.05) is 23.1 Å². The molecule has 0 radical (unpaired) electrons. The molecule has 0 bridgehead atoms. The minimum Gasteiger partial charge on any atom is -0.545 e. The van der Waals surface area contributed by atoms with Crippen molar-refractivity contribution in [2.45, 2.75) is 6.42 Å². The second kappa shape index (κ2) is 7.09. The Morgan fingerprint density at radius 3 is 1.81 bits per heavy atom. The molecular weight excluding hydrogens is 435 g/mol. The quantitative estimate of drug-likeness (QED) is 0.444. The molecular formula is C23H14O8P-. The fourth-order valence-electron chi connectivity index (χ4n) is 4.10. The Balaban J connectivity index is 1.95. The first kappa shape index (κ1) is 20.1. The number of aromatic carboxylic acids is 2. The van der Waals surface area contributed by atoms with E-state index in [4.69, 9.17) is 9.05 Å². The lowest BCUT2D eigenvalue weighted by atomic mass is 9.90. The van der Waals surface area contributed by atoms with Gasteiger partial charge in [-0.05, 0) is 33.7 Å². The van der Waals surface area contributed by atoms with Gasteiger partial charge in [0.15, 0.2) is 5.75 Å². The molecule has 0 fully saturated rings. The molecule has 0 amide bonds. The van der Waals surface area contributed by atoms with Crippen LogP contribution in [-0.2, 0) is 11.0 Å². The van der Waals surface area contributed by atoms with E-state index >= 15 is 0 Å². The van der Waals surface area contributed by atoms with Gasteiger partial charge in [0.25, 0.3) is 0 Å². The molecule has 4 aromatic rings. The van der Waals surface area contributed by atoms with Crippen molar-refractivity contribution in [2.24, 2.45) is 0 Å². The Kier molecular flexibility index (Phi) is 4.44. The summed E-state index contributed by atoms with van der Waals surface area (Å²) in [5.41, 5.74) is -0.0621. The summed E-state index contributed by atoms with van der Waals surface area (Å²) in [4.78, 5) is 34.2. The van der Waals surface area contributed by atoms with Gasteiger partial charge < -0.3 is 24.1 Å². The van der Waals surface area contributed by atoms with Crippen molar-refractivity contribution in [2.75, 3.05) is 0 Å². The number of phosphoric ester groups is 1. The summed E-state index contributed by atoms with van der Waals surface area (Å²) < 4.78 is 23.3. The molecule has 0 saturated carbocycles.